The quantitative estimate of drug-likeness (QED) is 0.873. The summed E-state index contributed by atoms with van der Waals surface area (Å²) in [7, 11) is 2.08. The topological polar surface area (TPSA) is 38.8 Å². The number of fused-ring (bicyclic) bond motifs is 1. The standard InChI is InChI=1S/C20H23ClN4O/c1-23-10-12-24(13-11-23)20(26)22-17-4-2-3-5-19(17)25-9-8-15-14-16(21)6-7-18(15)25/h2-7,14H,8-13H2,1H3,(H,22,26). The van der Waals surface area contributed by atoms with Crippen LogP contribution in [0.2, 0.25) is 5.02 Å². The summed E-state index contributed by atoms with van der Waals surface area (Å²) in [6.45, 7) is 4.23. The third-order valence-electron chi connectivity index (χ3n) is 5.16. The largest absolute Gasteiger partial charge is 0.339 e. The Morgan fingerprint density at radius 3 is 2.58 bits per heavy atom. The van der Waals surface area contributed by atoms with Crippen LogP contribution in [0.3, 0.4) is 0 Å². The van der Waals surface area contributed by atoms with Crippen LogP contribution in [-0.2, 0) is 6.42 Å². The number of amides is 2. The molecule has 2 aliphatic rings. The van der Waals surface area contributed by atoms with Gasteiger partial charge in [-0.3, -0.25) is 0 Å². The zero-order chi connectivity index (χ0) is 18.1. The second kappa shape index (κ2) is 7.17. The number of carbonyl (C=O) groups excluding carboxylic acids is 1. The van der Waals surface area contributed by atoms with E-state index >= 15 is 0 Å². The van der Waals surface area contributed by atoms with Crippen LogP contribution in [-0.4, -0.2) is 55.6 Å². The number of para-hydroxylation sites is 2. The lowest BCUT2D eigenvalue weighted by atomic mass is 10.1. The number of rotatable bonds is 2. The predicted molar refractivity (Wildman–Crippen MR) is 107 cm³/mol. The fourth-order valence-corrected chi connectivity index (χ4v) is 3.83. The highest BCUT2D eigenvalue weighted by Gasteiger charge is 2.24. The molecular formula is C20H23ClN4O. The zero-order valence-electron chi connectivity index (χ0n) is 14.9. The molecule has 0 aliphatic carbocycles. The van der Waals surface area contributed by atoms with Crippen molar-refractivity contribution in [3.8, 4) is 0 Å². The van der Waals surface area contributed by atoms with E-state index in [1.807, 2.05) is 35.2 Å². The zero-order valence-corrected chi connectivity index (χ0v) is 15.7. The average Bonchev–Trinajstić information content (AvgIpc) is 3.05. The molecule has 1 fully saturated rings. The number of piperazine rings is 1. The lowest BCUT2D eigenvalue weighted by Gasteiger charge is -2.33. The molecule has 2 aromatic carbocycles. The first-order valence-electron chi connectivity index (χ1n) is 9.01. The van der Waals surface area contributed by atoms with Crippen LogP contribution >= 0.6 is 11.6 Å². The van der Waals surface area contributed by atoms with Crippen molar-refractivity contribution in [1.29, 1.82) is 0 Å². The molecule has 0 bridgehead atoms. The molecule has 0 radical (unpaired) electrons. The highest BCUT2D eigenvalue weighted by Crippen LogP contribution is 2.39. The van der Waals surface area contributed by atoms with Gasteiger partial charge in [0.15, 0.2) is 0 Å². The highest BCUT2D eigenvalue weighted by atomic mass is 35.5. The van der Waals surface area contributed by atoms with Gasteiger partial charge in [-0.05, 0) is 49.4 Å². The first-order chi connectivity index (χ1) is 12.6. The van der Waals surface area contributed by atoms with Crippen molar-refractivity contribution in [1.82, 2.24) is 9.80 Å². The van der Waals surface area contributed by atoms with Crippen LogP contribution in [0.15, 0.2) is 42.5 Å². The van der Waals surface area contributed by atoms with Crippen LogP contribution in [0, 0.1) is 0 Å². The number of nitrogens with zero attached hydrogens (tertiary/aromatic N) is 3. The van der Waals surface area contributed by atoms with E-state index < -0.39 is 0 Å². The molecule has 2 amide bonds. The minimum absolute atomic E-state index is 0.0268. The Morgan fingerprint density at radius 1 is 1.00 bits per heavy atom. The van der Waals surface area contributed by atoms with Crippen molar-refractivity contribution >= 4 is 34.7 Å². The smallest absolute Gasteiger partial charge is 0.321 e. The second-order valence-corrected chi connectivity index (χ2v) is 7.35. The van der Waals surface area contributed by atoms with Crippen molar-refractivity contribution in [2.75, 3.05) is 50.0 Å². The number of anilines is 3. The first-order valence-corrected chi connectivity index (χ1v) is 9.39. The minimum atomic E-state index is -0.0268. The van der Waals surface area contributed by atoms with Gasteiger partial charge in [0.25, 0.3) is 0 Å². The number of hydrogen-bond donors (Lipinski definition) is 1. The molecule has 1 saturated heterocycles. The molecule has 4 rings (SSSR count). The van der Waals surface area contributed by atoms with Crippen molar-refractivity contribution in [2.45, 2.75) is 6.42 Å². The summed E-state index contributed by atoms with van der Waals surface area (Å²) in [5.74, 6) is 0. The summed E-state index contributed by atoms with van der Waals surface area (Å²) in [5, 5.41) is 3.88. The van der Waals surface area contributed by atoms with Gasteiger partial charge in [0.05, 0.1) is 11.4 Å². The van der Waals surface area contributed by atoms with E-state index in [2.05, 4.69) is 34.3 Å². The van der Waals surface area contributed by atoms with Gasteiger partial charge in [-0.25, -0.2) is 4.79 Å². The molecule has 0 saturated carbocycles. The van der Waals surface area contributed by atoms with Gasteiger partial charge < -0.3 is 20.0 Å². The fourth-order valence-electron chi connectivity index (χ4n) is 3.64. The fraction of sp³-hybridized carbons (Fsp3) is 0.350. The van der Waals surface area contributed by atoms with Gasteiger partial charge >= 0.3 is 6.03 Å². The Labute approximate surface area is 159 Å². The Hall–Kier alpha value is -2.24. The normalized spacial score (nSPS) is 17.3. The maximum Gasteiger partial charge on any atom is 0.321 e. The van der Waals surface area contributed by atoms with Crippen LogP contribution in [0.25, 0.3) is 0 Å². The Bertz CT molecular complexity index is 817. The number of benzene rings is 2. The first kappa shape index (κ1) is 17.2. The average molecular weight is 371 g/mol. The summed E-state index contributed by atoms with van der Waals surface area (Å²) in [6.07, 6.45) is 0.955. The lowest BCUT2D eigenvalue weighted by molar-refractivity contribution is 0.164. The van der Waals surface area contributed by atoms with Crippen molar-refractivity contribution in [3.63, 3.8) is 0 Å². The van der Waals surface area contributed by atoms with E-state index in [0.29, 0.717) is 0 Å². The monoisotopic (exact) mass is 370 g/mol. The molecule has 0 atom stereocenters. The number of likely N-dealkylation sites (N-methyl/N-ethyl adjacent to an activating group) is 1. The SMILES string of the molecule is CN1CCN(C(=O)Nc2ccccc2N2CCc3cc(Cl)ccc32)CC1. The third kappa shape index (κ3) is 3.37. The Balaban J connectivity index is 1.56. The van der Waals surface area contributed by atoms with Gasteiger partial charge in [0, 0.05) is 43.4 Å². The molecular weight excluding hydrogens is 348 g/mol. The number of nitrogens with one attached hydrogen (secondary N) is 1. The van der Waals surface area contributed by atoms with Crippen molar-refractivity contribution in [2.24, 2.45) is 0 Å². The minimum Gasteiger partial charge on any atom is -0.339 e. The van der Waals surface area contributed by atoms with Crippen LogP contribution in [0.1, 0.15) is 5.56 Å². The number of carbonyl (C=O) groups is 1. The maximum atomic E-state index is 12.7. The number of urea groups is 1. The lowest BCUT2D eigenvalue weighted by Crippen LogP contribution is -2.48. The molecule has 1 N–H and O–H groups in total. The van der Waals surface area contributed by atoms with Crippen molar-refractivity contribution < 1.29 is 4.79 Å². The van der Waals surface area contributed by atoms with Gasteiger partial charge in [-0.2, -0.15) is 0 Å². The highest BCUT2D eigenvalue weighted by molar-refractivity contribution is 6.30. The number of halogens is 1. The molecule has 26 heavy (non-hydrogen) atoms. The predicted octanol–water partition coefficient (Wildman–Crippen LogP) is 3.81. The van der Waals surface area contributed by atoms with E-state index in [0.717, 1.165) is 61.2 Å². The number of hydrogen-bond acceptors (Lipinski definition) is 3. The third-order valence-corrected chi connectivity index (χ3v) is 5.40. The Morgan fingerprint density at radius 2 is 1.77 bits per heavy atom. The summed E-state index contributed by atoms with van der Waals surface area (Å²) in [5.41, 5.74) is 4.28. The maximum absolute atomic E-state index is 12.7. The van der Waals surface area contributed by atoms with Crippen LogP contribution < -0.4 is 10.2 Å². The van der Waals surface area contributed by atoms with E-state index in [9.17, 15) is 4.79 Å². The second-order valence-electron chi connectivity index (χ2n) is 6.91. The molecule has 0 spiro atoms. The molecule has 2 aliphatic heterocycles. The summed E-state index contributed by atoms with van der Waals surface area (Å²) in [6, 6.07) is 14.0. The van der Waals surface area contributed by atoms with E-state index in [4.69, 9.17) is 11.6 Å². The molecule has 2 heterocycles. The van der Waals surface area contributed by atoms with Crippen LogP contribution in [0.5, 0.6) is 0 Å². The van der Waals surface area contributed by atoms with E-state index in [1.54, 1.807) is 0 Å². The summed E-state index contributed by atoms with van der Waals surface area (Å²) in [4.78, 5) is 19.1. The molecule has 0 aromatic heterocycles. The molecule has 6 heteroatoms. The molecule has 136 valence electrons. The van der Waals surface area contributed by atoms with Gasteiger partial charge in [-0.15, -0.1) is 0 Å². The molecule has 5 nitrogen and oxygen atoms in total. The van der Waals surface area contributed by atoms with Gasteiger partial charge in [-0.1, -0.05) is 23.7 Å². The van der Waals surface area contributed by atoms with Crippen molar-refractivity contribution in [3.05, 3.63) is 53.1 Å². The summed E-state index contributed by atoms with van der Waals surface area (Å²) < 4.78 is 0. The molecule has 2 aromatic rings. The van der Waals surface area contributed by atoms with E-state index in [1.165, 1.54) is 5.56 Å². The Kier molecular flexibility index (Phi) is 4.74. The van der Waals surface area contributed by atoms with Gasteiger partial charge in [0.2, 0.25) is 0 Å². The summed E-state index contributed by atoms with van der Waals surface area (Å²) >= 11 is 6.13. The van der Waals surface area contributed by atoms with Crippen LogP contribution in [0.4, 0.5) is 21.9 Å². The molecule has 0 unspecified atom stereocenters. The van der Waals surface area contributed by atoms with Gasteiger partial charge in [0.1, 0.15) is 0 Å². The van der Waals surface area contributed by atoms with E-state index in [-0.39, 0.29) is 6.03 Å².